The van der Waals surface area contributed by atoms with E-state index in [2.05, 4.69) is 9.72 Å². The first-order valence-corrected chi connectivity index (χ1v) is 6.61. The third-order valence-corrected chi connectivity index (χ3v) is 3.33. The number of benzene rings is 1. The summed E-state index contributed by atoms with van der Waals surface area (Å²) in [6.07, 6.45) is -5.05. The van der Waals surface area contributed by atoms with Crippen LogP contribution in [-0.2, 0) is 16.3 Å². The van der Waals surface area contributed by atoms with Crippen LogP contribution in [0.5, 0.6) is 5.75 Å². The molecule has 5 nitrogen and oxygen atoms in total. The lowest BCUT2D eigenvalue weighted by molar-refractivity contribution is -0.141. The van der Waals surface area contributed by atoms with Crippen molar-refractivity contribution in [1.29, 1.82) is 0 Å². The van der Waals surface area contributed by atoms with E-state index in [-0.39, 0.29) is 10.9 Å². The number of alkyl halides is 3. The zero-order valence-corrected chi connectivity index (χ0v) is 10.8. The van der Waals surface area contributed by atoms with Gasteiger partial charge in [0.2, 0.25) is 0 Å². The molecule has 0 unspecified atom stereocenters. The van der Waals surface area contributed by atoms with E-state index in [0.717, 1.165) is 7.11 Å². The highest BCUT2D eigenvalue weighted by molar-refractivity contribution is 7.85. The van der Waals surface area contributed by atoms with Gasteiger partial charge < -0.3 is 4.74 Å². The van der Waals surface area contributed by atoms with Crippen LogP contribution in [0.25, 0.3) is 10.9 Å². The van der Waals surface area contributed by atoms with Crippen LogP contribution in [0.1, 0.15) is 5.56 Å². The Balaban J connectivity index is 3.05. The summed E-state index contributed by atoms with van der Waals surface area (Å²) in [5.74, 6) is -0.698. The topological polar surface area (TPSA) is 76.5 Å². The van der Waals surface area contributed by atoms with E-state index in [1.807, 2.05) is 0 Å². The molecule has 0 bridgehead atoms. The molecule has 20 heavy (non-hydrogen) atoms. The lowest BCUT2D eigenvalue weighted by Crippen LogP contribution is -2.16. The zero-order chi connectivity index (χ0) is 15.1. The van der Waals surface area contributed by atoms with Gasteiger partial charge in [-0.3, -0.25) is 4.55 Å². The van der Waals surface area contributed by atoms with Gasteiger partial charge in [-0.2, -0.15) is 21.6 Å². The third-order valence-electron chi connectivity index (χ3n) is 2.54. The maximum atomic E-state index is 13.1. The molecule has 9 heteroatoms. The number of fused-ring (bicyclic) bond motifs is 1. The quantitative estimate of drug-likeness (QED) is 0.863. The molecule has 0 saturated heterocycles. The average molecular weight is 307 g/mol. The Morgan fingerprint density at radius 2 is 1.85 bits per heavy atom. The van der Waals surface area contributed by atoms with E-state index in [9.17, 15) is 21.6 Å². The molecule has 0 saturated carbocycles. The highest BCUT2D eigenvalue weighted by atomic mass is 32.2. The molecule has 1 aromatic carbocycles. The van der Waals surface area contributed by atoms with Crippen molar-refractivity contribution < 1.29 is 30.9 Å². The molecule has 2 rings (SSSR count). The van der Waals surface area contributed by atoms with Crippen LogP contribution in [0.3, 0.4) is 0 Å². The van der Waals surface area contributed by atoms with E-state index >= 15 is 0 Å². The van der Waals surface area contributed by atoms with Crippen LogP contribution < -0.4 is 4.74 Å². The minimum absolute atomic E-state index is 0.00488. The van der Waals surface area contributed by atoms with Gasteiger partial charge in [-0.1, -0.05) is 12.1 Å². The van der Waals surface area contributed by atoms with Crippen molar-refractivity contribution in [2.24, 2.45) is 0 Å². The number of methoxy groups -OCH3 is 1. The fraction of sp³-hybridized carbons (Fsp3) is 0.182. The highest BCUT2D eigenvalue weighted by Crippen LogP contribution is 2.43. The summed E-state index contributed by atoms with van der Waals surface area (Å²) < 4.78 is 75.1. The number of hydrogen-bond donors (Lipinski definition) is 1. The van der Waals surface area contributed by atoms with Gasteiger partial charge in [-0.15, -0.1) is 0 Å². The molecule has 0 fully saturated rings. The smallest absolute Gasteiger partial charge is 0.422 e. The maximum absolute atomic E-state index is 13.1. The van der Waals surface area contributed by atoms with Gasteiger partial charge in [-0.25, -0.2) is 4.98 Å². The van der Waals surface area contributed by atoms with Gasteiger partial charge in [0.1, 0.15) is 11.3 Å². The van der Waals surface area contributed by atoms with E-state index in [0.29, 0.717) is 0 Å². The van der Waals surface area contributed by atoms with Crippen molar-refractivity contribution in [2.75, 3.05) is 7.11 Å². The molecule has 0 amide bonds. The lowest BCUT2D eigenvalue weighted by Gasteiger charge is -2.16. The van der Waals surface area contributed by atoms with Crippen molar-refractivity contribution in [3.05, 3.63) is 29.8 Å². The number of aromatic nitrogens is 1. The van der Waals surface area contributed by atoms with Crippen LogP contribution in [0.2, 0.25) is 0 Å². The standard InChI is InChI=1S/C11H8F3NO4S/c1-19-9-6-4-2-3-5-7(6)15-10(20(16,17)18)8(9)11(12,13)14/h2-5H,1H3,(H,16,17,18). The number of pyridine rings is 1. The van der Waals surface area contributed by atoms with Crippen LogP contribution >= 0.6 is 0 Å². The molecule has 1 heterocycles. The minimum atomic E-state index is -5.15. The number of nitrogens with zero attached hydrogens (tertiary/aromatic N) is 1. The Bertz CT molecular complexity index is 771. The molecular weight excluding hydrogens is 299 g/mol. The Labute approximate surface area is 111 Å². The first kappa shape index (κ1) is 14.5. The van der Waals surface area contributed by atoms with Gasteiger partial charge >= 0.3 is 16.3 Å². The molecule has 108 valence electrons. The van der Waals surface area contributed by atoms with E-state index in [1.54, 1.807) is 0 Å². The van der Waals surface area contributed by atoms with Gasteiger partial charge in [0.25, 0.3) is 0 Å². The van der Waals surface area contributed by atoms with Crippen LogP contribution in [-0.4, -0.2) is 25.1 Å². The highest BCUT2D eigenvalue weighted by Gasteiger charge is 2.42. The Hall–Kier alpha value is -1.87. The number of ether oxygens (including phenoxy) is 1. The van der Waals surface area contributed by atoms with Gasteiger partial charge in [-0.05, 0) is 12.1 Å². The fourth-order valence-electron chi connectivity index (χ4n) is 1.81. The van der Waals surface area contributed by atoms with E-state index < -0.39 is 32.6 Å². The molecule has 1 N–H and O–H groups in total. The second-order valence-corrected chi connectivity index (χ2v) is 5.15. The molecular formula is C11H8F3NO4S. The van der Waals surface area contributed by atoms with Gasteiger partial charge in [0.05, 0.1) is 12.6 Å². The second-order valence-electron chi connectivity index (χ2n) is 3.82. The number of rotatable bonds is 2. The summed E-state index contributed by atoms with van der Waals surface area (Å²) in [5.41, 5.74) is -1.66. The monoisotopic (exact) mass is 307 g/mol. The summed E-state index contributed by atoms with van der Waals surface area (Å²) in [6.45, 7) is 0. The molecule has 1 aromatic heterocycles. The van der Waals surface area contributed by atoms with Gasteiger partial charge in [0.15, 0.2) is 5.03 Å². The molecule has 0 atom stereocenters. The van der Waals surface area contributed by atoms with Crippen molar-refractivity contribution in [3.63, 3.8) is 0 Å². The van der Waals surface area contributed by atoms with E-state index in [1.165, 1.54) is 24.3 Å². The molecule has 0 aliphatic heterocycles. The largest absolute Gasteiger partial charge is 0.495 e. The minimum Gasteiger partial charge on any atom is -0.495 e. The average Bonchev–Trinajstić information content (AvgIpc) is 2.34. The fourth-order valence-corrected chi connectivity index (χ4v) is 2.49. The summed E-state index contributed by atoms with van der Waals surface area (Å²) in [7, 11) is -4.17. The van der Waals surface area contributed by atoms with Crippen molar-refractivity contribution in [3.8, 4) is 5.75 Å². The van der Waals surface area contributed by atoms with Gasteiger partial charge in [0, 0.05) is 5.39 Å². The Kier molecular flexibility index (Phi) is 3.34. The normalized spacial score (nSPS) is 12.7. The maximum Gasteiger partial charge on any atom is 0.422 e. The third kappa shape index (κ3) is 2.41. The summed E-state index contributed by atoms with van der Waals surface area (Å²) >= 11 is 0. The Morgan fingerprint density at radius 3 is 2.35 bits per heavy atom. The predicted octanol–water partition coefficient (Wildman–Crippen LogP) is 2.51. The van der Waals surface area contributed by atoms with Crippen LogP contribution in [0.4, 0.5) is 13.2 Å². The summed E-state index contributed by atoms with van der Waals surface area (Å²) in [6, 6.07) is 5.55. The molecule has 0 aliphatic carbocycles. The van der Waals surface area contributed by atoms with Crippen molar-refractivity contribution >= 4 is 21.0 Å². The molecule has 2 aromatic rings. The van der Waals surface area contributed by atoms with Crippen LogP contribution in [0, 0.1) is 0 Å². The molecule has 0 radical (unpaired) electrons. The zero-order valence-electron chi connectivity index (χ0n) is 9.97. The number of para-hydroxylation sites is 1. The summed E-state index contributed by atoms with van der Waals surface area (Å²) in [5, 5.41) is -1.48. The number of halogens is 3. The number of hydrogen-bond acceptors (Lipinski definition) is 4. The van der Waals surface area contributed by atoms with Crippen LogP contribution in [0.15, 0.2) is 29.3 Å². The SMILES string of the molecule is COc1c(C(F)(F)F)c(S(=O)(=O)O)nc2ccccc12. The molecule has 0 aliphatic rings. The van der Waals surface area contributed by atoms with Crippen molar-refractivity contribution in [2.45, 2.75) is 11.2 Å². The van der Waals surface area contributed by atoms with E-state index in [4.69, 9.17) is 4.55 Å². The second kappa shape index (κ2) is 4.60. The first-order chi connectivity index (χ1) is 9.16. The van der Waals surface area contributed by atoms with Crippen molar-refractivity contribution in [1.82, 2.24) is 4.98 Å². The summed E-state index contributed by atoms with van der Waals surface area (Å²) in [4.78, 5) is 3.38. The first-order valence-electron chi connectivity index (χ1n) is 5.17. The molecule has 0 spiro atoms. The lowest BCUT2D eigenvalue weighted by atomic mass is 10.1. The Morgan fingerprint density at radius 1 is 1.25 bits per heavy atom. The predicted molar refractivity (Wildman–Crippen MR) is 63.1 cm³/mol.